The summed E-state index contributed by atoms with van der Waals surface area (Å²) >= 11 is 1.63. The minimum atomic E-state index is -0.768. The zero-order valence-corrected chi connectivity index (χ0v) is 12.0. The van der Waals surface area contributed by atoms with Crippen LogP contribution in [0.25, 0.3) is 0 Å². The van der Waals surface area contributed by atoms with Crippen molar-refractivity contribution < 1.29 is 10.0 Å². The molecule has 1 aliphatic carbocycles. The Hall–Kier alpha value is -1.56. The summed E-state index contributed by atoms with van der Waals surface area (Å²) in [5.74, 6) is 0.000490. The summed E-state index contributed by atoms with van der Waals surface area (Å²) in [4.78, 5) is 15.6. The minimum Gasteiger partial charge on any atom is -0.409 e. The maximum atomic E-state index is 12.7. The summed E-state index contributed by atoms with van der Waals surface area (Å²) in [6.07, 6.45) is 1.32. The molecule has 1 saturated carbocycles. The number of carbonyl (C=O) groups is 1. The maximum Gasteiger partial charge on any atom is 0.237 e. The fraction of sp³-hybridized carbons (Fsp3) is 0.538. The molecule has 1 aromatic rings. The van der Waals surface area contributed by atoms with Gasteiger partial charge in [0.2, 0.25) is 5.91 Å². The van der Waals surface area contributed by atoms with Gasteiger partial charge in [0.25, 0.3) is 0 Å². The van der Waals surface area contributed by atoms with E-state index in [2.05, 4.69) is 5.16 Å². The highest BCUT2D eigenvalue weighted by molar-refractivity contribution is 7.09. The van der Waals surface area contributed by atoms with E-state index in [1.807, 2.05) is 31.4 Å². The first-order chi connectivity index (χ1) is 9.01. The van der Waals surface area contributed by atoms with E-state index in [1.54, 1.807) is 16.2 Å². The van der Waals surface area contributed by atoms with E-state index < -0.39 is 5.41 Å². The molecule has 1 fully saturated rings. The Balaban J connectivity index is 2.18. The number of nitrogens with two attached hydrogens (primary N) is 1. The monoisotopic (exact) mass is 281 g/mol. The summed E-state index contributed by atoms with van der Waals surface area (Å²) in [6, 6.07) is 4.06. The van der Waals surface area contributed by atoms with Crippen LogP contribution in [-0.2, 0) is 11.3 Å². The molecule has 6 heteroatoms. The summed E-state index contributed by atoms with van der Waals surface area (Å²) in [7, 11) is 0. The van der Waals surface area contributed by atoms with Crippen LogP contribution < -0.4 is 5.73 Å². The van der Waals surface area contributed by atoms with Crippen LogP contribution in [0.15, 0.2) is 22.7 Å². The van der Waals surface area contributed by atoms with Gasteiger partial charge in [-0.3, -0.25) is 4.79 Å². The zero-order chi connectivity index (χ0) is 14.0. The third-order valence-electron chi connectivity index (χ3n) is 3.55. The van der Waals surface area contributed by atoms with Crippen LogP contribution in [-0.4, -0.2) is 27.9 Å². The van der Waals surface area contributed by atoms with Crippen LogP contribution in [0.2, 0.25) is 0 Å². The number of oxime groups is 1. The highest BCUT2D eigenvalue weighted by Gasteiger charge is 2.56. The van der Waals surface area contributed by atoms with Gasteiger partial charge in [-0.1, -0.05) is 11.2 Å². The largest absolute Gasteiger partial charge is 0.409 e. The smallest absolute Gasteiger partial charge is 0.237 e. The van der Waals surface area contributed by atoms with E-state index in [0.717, 1.165) is 4.88 Å². The van der Waals surface area contributed by atoms with Crippen molar-refractivity contribution in [1.29, 1.82) is 0 Å². The van der Waals surface area contributed by atoms with Gasteiger partial charge in [0.05, 0.1) is 6.54 Å². The molecule has 0 aromatic carbocycles. The number of amidine groups is 1. The quantitative estimate of drug-likeness (QED) is 0.375. The number of hydrogen-bond donors (Lipinski definition) is 2. The lowest BCUT2D eigenvalue weighted by molar-refractivity contribution is -0.137. The van der Waals surface area contributed by atoms with Gasteiger partial charge in [-0.2, -0.15) is 0 Å². The SMILES string of the molecule is CC(C)N(Cc1cccs1)C(=O)C1(/C(N)=N/O)CC1. The first-order valence-electron chi connectivity index (χ1n) is 6.32. The Morgan fingerprint density at radius 3 is 2.74 bits per heavy atom. The predicted octanol–water partition coefficient (Wildman–Crippen LogP) is 2.01. The van der Waals surface area contributed by atoms with Crippen molar-refractivity contribution in [2.24, 2.45) is 16.3 Å². The van der Waals surface area contributed by atoms with Crippen LogP contribution in [0.4, 0.5) is 0 Å². The Morgan fingerprint density at radius 1 is 1.63 bits per heavy atom. The van der Waals surface area contributed by atoms with Gasteiger partial charge in [0.1, 0.15) is 5.41 Å². The molecule has 3 N–H and O–H groups in total. The van der Waals surface area contributed by atoms with Crippen molar-refractivity contribution in [3.8, 4) is 0 Å². The molecule has 0 bridgehead atoms. The molecule has 1 heterocycles. The predicted molar refractivity (Wildman–Crippen MR) is 75.1 cm³/mol. The summed E-state index contributed by atoms with van der Waals surface area (Å²) in [5, 5.41) is 13.9. The molecule has 2 rings (SSSR count). The molecule has 0 atom stereocenters. The minimum absolute atomic E-state index is 0.0359. The second kappa shape index (κ2) is 5.21. The van der Waals surface area contributed by atoms with E-state index >= 15 is 0 Å². The van der Waals surface area contributed by atoms with Crippen molar-refractivity contribution in [2.45, 2.75) is 39.3 Å². The van der Waals surface area contributed by atoms with Gasteiger partial charge in [0.15, 0.2) is 5.84 Å². The van der Waals surface area contributed by atoms with Crippen molar-refractivity contribution in [1.82, 2.24) is 4.90 Å². The molecule has 1 amide bonds. The lowest BCUT2D eigenvalue weighted by Gasteiger charge is -2.30. The first kappa shape index (κ1) is 13.9. The van der Waals surface area contributed by atoms with Crippen molar-refractivity contribution >= 4 is 23.1 Å². The van der Waals surface area contributed by atoms with Gasteiger partial charge in [0, 0.05) is 10.9 Å². The second-order valence-electron chi connectivity index (χ2n) is 5.17. The highest BCUT2D eigenvalue weighted by atomic mass is 32.1. The molecule has 0 spiro atoms. The highest BCUT2D eigenvalue weighted by Crippen LogP contribution is 2.48. The number of amides is 1. The third-order valence-corrected chi connectivity index (χ3v) is 4.41. The molecule has 0 radical (unpaired) electrons. The number of nitrogens with zero attached hydrogens (tertiary/aromatic N) is 2. The molecular weight excluding hydrogens is 262 g/mol. The van der Waals surface area contributed by atoms with Crippen LogP contribution in [0.3, 0.4) is 0 Å². The summed E-state index contributed by atoms with van der Waals surface area (Å²) < 4.78 is 0. The van der Waals surface area contributed by atoms with Gasteiger partial charge >= 0.3 is 0 Å². The van der Waals surface area contributed by atoms with Crippen LogP contribution >= 0.6 is 11.3 Å². The molecule has 0 unspecified atom stereocenters. The maximum absolute atomic E-state index is 12.7. The van der Waals surface area contributed by atoms with Crippen LogP contribution in [0.5, 0.6) is 0 Å². The van der Waals surface area contributed by atoms with E-state index in [9.17, 15) is 4.79 Å². The Bertz CT molecular complexity index is 478. The summed E-state index contributed by atoms with van der Waals surface area (Å²) in [6.45, 7) is 4.54. The Labute approximate surface area is 116 Å². The molecule has 1 aliphatic rings. The van der Waals surface area contributed by atoms with E-state index in [0.29, 0.717) is 19.4 Å². The fourth-order valence-electron chi connectivity index (χ4n) is 2.13. The number of carbonyl (C=O) groups excluding carboxylic acids is 1. The van der Waals surface area contributed by atoms with Crippen molar-refractivity contribution in [3.63, 3.8) is 0 Å². The standard InChI is InChI=1S/C13H19N3O2S/c1-9(2)16(8-10-4-3-7-19-10)12(17)13(5-6-13)11(14)15-18/h3-4,7,9,18H,5-6,8H2,1-2H3,(H2,14,15). The Morgan fingerprint density at radius 2 is 2.32 bits per heavy atom. The summed E-state index contributed by atoms with van der Waals surface area (Å²) in [5.41, 5.74) is 4.91. The second-order valence-corrected chi connectivity index (χ2v) is 6.21. The van der Waals surface area contributed by atoms with Crippen LogP contribution in [0.1, 0.15) is 31.6 Å². The van der Waals surface area contributed by atoms with Gasteiger partial charge in [-0.05, 0) is 38.1 Å². The van der Waals surface area contributed by atoms with Crippen molar-refractivity contribution in [3.05, 3.63) is 22.4 Å². The normalized spacial score (nSPS) is 17.5. The molecule has 0 aliphatic heterocycles. The van der Waals surface area contributed by atoms with E-state index in [4.69, 9.17) is 10.9 Å². The fourth-order valence-corrected chi connectivity index (χ4v) is 2.84. The molecule has 104 valence electrons. The van der Waals surface area contributed by atoms with E-state index in [1.165, 1.54) is 0 Å². The average molecular weight is 281 g/mol. The van der Waals surface area contributed by atoms with Gasteiger partial charge in [-0.25, -0.2) is 0 Å². The van der Waals surface area contributed by atoms with Crippen LogP contribution in [0, 0.1) is 5.41 Å². The lowest BCUT2D eigenvalue weighted by Crippen LogP contribution is -2.46. The molecule has 19 heavy (non-hydrogen) atoms. The number of thiophene rings is 1. The van der Waals surface area contributed by atoms with Gasteiger partial charge < -0.3 is 15.8 Å². The number of hydrogen-bond acceptors (Lipinski definition) is 4. The molecular formula is C13H19N3O2S. The molecule has 1 aromatic heterocycles. The van der Waals surface area contributed by atoms with Crippen molar-refractivity contribution in [2.75, 3.05) is 0 Å². The molecule has 0 saturated heterocycles. The number of rotatable bonds is 5. The topological polar surface area (TPSA) is 78.9 Å². The average Bonchev–Trinajstić information content (AvgIpc) is 3.04. The van der Waals surface area contributed by atoms with E-state index in [-0.39, 0.29) is 17.8 Å². The Kier molecular flexibility index (Phi) is 3.80. The zero-order valence-electron chi connectivity index (χ0n) is 11.2. The first-order valence-corrected chi connectivity index (χ1v) is 7.20. The lowest BCUT2D eigenvalue weighted by atomic mass is 10.0. The molecule has 5 nitrogen and oxygen atoms in total. The third kappa shape index (κ3) is 2.58. The van der Waals surface area contributed by atoms with Gasteiger partial charge in [-0.15, -0.1) is 11.3 Å².